The van der Waals surface area contributed by atoms with E-state index in [4.69, 9.17) is 39.6 Å². The van der Waals surface area contributed by atoms with Gasteiger partial charge in [-0.15, -0.1) is 0 Å². The average molecular weight is 427 g/mol. The lowest BCUT2D eigenvalue weighted by Gasteiger charge is -2.30. The standard InChI is InChI=1S/C16H16Cl3F2N3O2/c1-4-12(13-10(18)5-8(17)6-11(13)19)24(26-3)16(25)9-7-23(2)22-14(9)15(20)21/h5-7,12,15H,4H2,1-3H3. The number of benzene rings is 1. The fourth-order valence-corrected chi connectivity index (χ4v) is 3.73. The Kier molecular flexibility index (Phi) is 6.85. The Hall–Kier alpha value is -1.41. The number of aryl methyl sites for hydroxylation is 1. The van der Waals surface area contributed by atoms with Gasteiger partial charge in [0.1, 0.15) is 5.69 Å². The second kappa shape index (κ2) is 8.52. The zero-order valence-electron chi connectivity index (χ0n) is 14.1. The molecule has 0 bridgehead atoms. The van der Waals surface area contributed by atoms with Gasteiger partial charge >= 0.3 is 0 Å². The van der Waals surface area contributed by atoms with Crippen LogP contribution in [0.1, 0.15) is 47.4 Å². The van der Waals surface area contributed by atoms with E-state index in [0.29, 0.717) is 17.0 Å². The minimum atomic E-state index is -2.91. The van der Waals surface area contributed by atoms with Crippen LogP contribution in [0.3, 0.4) is 0 Å². The number of carbonyl (C=O) groups is 1. The predicted molar refractivity (Wildman–Crippen MR) is 95.8 cm³/mol. The Morgan fingerprint density at radius 3 is 2.35 bits per heavy atom. The number of halogens is 5. The summed E-state index contributed by atoms with van der Waals surface area (Å²) in [5, 5.41) is 5.42. The van der Waals surface area contributed by atoms with Crippen molar-refractivity contribution >= 4 is 40.7 Å². The summed E-state index contributed by atoms with van der Waals surface area (Å²) in [6.45, 7) is 1.78. The highest BCUT2D eigenvalue weighted by molar-refractivity contribution is 6.39. The smallest absolute Gasteiger partial charge is 0.275 e. The maximum Gasteiger partial charge on any atom is 0.282 e. The van der Waals surface area contributed by atoms with Gasteiger partial charge in [-0.25, -0.2) is 13.8 Å². The molecule has 0 saturated carbocycles. The molecular weight excluding hydrogens is 411 g/mol. The van der Waals surface area contributed by atoms with Gasteiger partial charge in [-0.2, -0.15) is 5.10 Å². The molecule has 5 nitrogen and oxygen atoms in total. The van der Waals surface area contributed by atoms with Crippen LogP contribution in [0.15, 0.2) is 18.3 Å². The SMILES string of the molecule is CCC(c1c(Cl)cc(Cl)cc1Cl)N(OC)C(=O)c1cn(C)nc1C(F)F. The van der Waals surface area contributed by atoms with Crippen molar-refractivity contribution in [3.63, 3.8) is 0 Å². The highest BCUT2D eigenvalue weighted by atomic mass is 35.5. The van der Waals surface area contributed by atoms with Gasteiger partial charge in [0, 0.05) is 33.9 Å². The number of hydroxylamine groups is 2. The zero-order chi connectivity index (χ0) is 19.6. The van der Waals surface area contributed by atoms with Crippen LogP contribution in [-0.4, -0.2) is 27.9 Å². The van der Waals surface area contributed by atoms with E-state index in [2.05, 4.69) is 5.10 Å². The molecule has 2 aromatic rings. The molecule has 0 aliphatic heterocycles. The van der Waals surface area contributed by atoms with Gasteiger partial charge in [0.05, 0.1) is 18.7 Å². The maximum absolute atomic E-state index is 13.2. The summed E-state index contributed by atoms with van der Waals surface area (Å²) in [7, 11) is 2.71. The van der Waals surface area contributed by atoms with Gasteiger partial charge in [-0.3, -0.25) is 14.3 Å². The molecule has 0 fully saturated rings. The number of aromatic nitrogens is 2. The molecule has 0 N–H and O–H groups in total. The second-order valence-corrected chi connectivity index (χ2v) is 6.67. The van der Waals surface area contributed by atoms with Crippen molar-refractivity contribution in [1.82, 2.24) is 14.8 Å². The van der Waals surface area contributed by atoms with E-state index in [9.17, 15) is 13.6 Å². The predicted octanol–water partition coefficient (Wildman–Crippen LogP) is 5.47. The first-order chi connectivity index (χ1) is 12.2. The Bertz CT molecular complexity index is 791. The highest BCUT2D eigenvalue weighted by Gasteiger charge is 2.33. The summed E-state index contributed by atoms with van der Waals surface area (Å²) in [5.41, 5.74) is -0.468. The van der Waals surface area contributed by atoms with Crippen LogP contribution in [0.2, 0.25) is 15.1 Å². The second-order valence-electron chi connectivity index (χ2n) is 5.42. The number of hydrogen-bond acceptors (Lipinski definition) is 3. The summed E-state index contributed by atoms with van der Waals surface area (Å²) < 4.78 is 27.6. The number of hydrogen-bond donors (Lipinski definition) is 0. The fraction of sp³-hybridized carbons (Fsp3) is 0.375. The normalized spacial score (nSPS) is 12.5. The molecule has 1 unspecified atom stereocenters. The fourth-order valence-electron chi connectivity index (χ4n) is 2.66. The lowest BCUT2D eigenvalue weighted by atomic mass is 10.0. The van der Waals surface area contributed by atoms with Crippen LogP contribution >= 0.6 is 34.8 Å². The van der Waals surface area contributed by atoms with Crippen molar-refractivity contribution in [1.29, 1.82) is 0 Å². The molecule has 1 aromatic carbocycles. The first-order valence-electron chi connectivity index (χ1n) is 7.55. The van der Waals surface area contributed by atoms with Crippen LogP contribution < -0.4 is 0 Å². The van der Waals surface area contributed by atoms with Gasteiger partial charge in [0.25, 0.3) is 12.3 Å². The topological polar surface area (TPSA) is 47.4 Å². The van der Waals surface area contributed by atoms with Crippen molar-refractivity contribution in [2.45, 2.75) is 25.8 Å². The largest absolute Gasteiger partial charge is 0.282 e. The van der Waals surface area contributed by atoms with E-state index >= 15 is 0 Å². The summed E-state index contributed by atoms with van der Waals surface area (Å²) in [4.78, 5) is 18.1. The quantitative estimate of drug-likeness (QED) is 0.575. The molecule has 1 amide bonds. The molecule has 0 aliphatic rings. The Morgan fingerprint density at radius 1 is 1.31 bits per heavy atom. The lowest BCUT2D eigenvalue weighted by Crippen LogP contribution is -2.34. The molecule has 0 aliphatic carbocycles. The minimum absolute atomic E-state index is 0.240. The van der Waals surface area contributed by atoms with Crippen LogP contribution in [-0.2, 0) is 11.9 Å². The number of alkyl halides is 2. The van der Waals surface area contributed by atoms with E-state index in [1.165, 1.54) is 32.5 Å². The Labute approximate surface area is 164 Å². The number of carbonyl (C=O) groups excluding carboxylic acids is 1. The van der Waals surface area contributed by atoms with Gasteiger partial charge in [-0.1, -0.05) is 41.7 Å². The summed E-state index contributed by atoms with van der Waals surface area (Å²) >= 11 is 18.4. The number of nitrogens with zero attached hydrogens (tertiary/aromatic N) is 3. The molecule has 0 saturated heterocycles. The molecular formula is C16H16Cl3F2N3O2. The van der Waals surface area contributed by atoms with Crippen molar-refractivity contribution in [3.05, 3.63) is 50.2 Å². The summed E-state index contributed by atoms with van der Waals surface area (Å²) in [6.07, 6.45) is -1.32. The van der Waals surface area contributed by atoms with E-state index in [1.54, 1.807) is 6.92 Å². The third kappa shape index (κ3) is 4.11. The molecule has 142 valence electrons. The van der Waals surface area contributed by atoms with Crippen LogP contribution in [0.25, 0.3) is 0 Å². The van der Waals surface area contributed by atoms with Crippen molar-refractivity contribution in [2.24, 2.45) is 7.05 Å². The molecule has 1 aromatic heterocycles. The van der Waals surface area contributed by atoms with Gasteiger partial charge in [0.2, 0.25) is 0 Å². The average Bonchev–Trinajstić information content (AvgIpc) is 2.95. The van der Waals surface area contributed by atoms with E-state index < -0.39 is 24.1 Å². The molecule has 0 radical (unpaired) electrons. The Morgan fingerprint density at radius 2 is 1.88 bits per heavy atom. The third-order valence-corrected chi connectivity index (χ3v) is 4.58. The van der Waals surface area contributed by atoms with E-state index in [0.717, 1.165) is 9.75 Å². The van der Waals surface area contributed by atoms with E-state index in [-0.39, 0.29) is 15.6 Å². The molecule has 2 rings (SSSR count). The van der Waals surface area contributed by atoms with Crippen LogP contribution in [0.5, 0.6) is 0 Å². The van der Waals surface area contributed by atoms with Crippen molar-refractivity contribution < 1.29 is 18.4 Å². The lowest BCUT2D eigenvalue weighted by molar-refractivity contribution is -0.125. The van der Waals surface area contributed by atoms with E-state index in [1.807, 2.05) is 0 Å². The molecule has 1 heterocycles. The molecule has 10 heteroatoms. The van der Waals surface area contributed by atoms with Crippen LogP contribution in [0.4, 0.5) is 8.78 Å². The van der Waals surface area contributed by atoms with Crippen LogP contribution in [0, 0.1) is 0 Å². The first kappa shape index (κ1) is 20.9. The number of amides is 1. The first-order valence-corrected chi connectivity index (χ1v) is 8.68. The molecule has 0 spiro atoms. The third-order valence-electron chi connectivity index (χ3n) is 3.74. The zero-order valence-corrected chi connectivity index (χ0v) is 16.4. The highest BCUT2D eigenvalue weighted by Crippen LogP contribution is 2.38. The van der Waals surface area contributed by atoms with Crippen molar-refractivity contribution in [2.75, 3.05) is 7.11 Å². The molecule has 1 atom stereocenters. The minimum Gasteiger partial charge on any atom is -0.275 e. The molecule has 26 heavy (non-hydrogen) atoms. The Balaban J connectivity index is 2.51. The van der Waals surface area contributed by atoms with Crippen molar-refractivity contribution in [3.8, 4) is 0 Å². The maximum atomic E-state index is 13.2. The number of rotatable bonds is 6. The van der Waals surface area contributed by atoms with Gasteiger partial charge < -0.3 is 0 Å². The van der Waals surface area contributed by atoms with Gasteiger partial charge in [0.15, 0.2) is 0 Å². The summed E-state index contributed by atoms with van der Waals surface area (Å²) in [6, 6.07) is 2.26. The monoisotopic (exact) mass is 425 g/mol. The summed E-state index contributed by atoms with van der Waals surface area (Å²) in [5.74, 6) is -0.773. The van der Waals surface area contributed by atoms with Gasteiger partial charge in [-0.05, 0) is 18.6 Å².